The molecule has 6 heteroatoms. The molecule has 2 rings (SSSR count). The second kappa shape index (κ2) is 5.91. The zero-order valence-corrected chi connectivity index (χ0v) is 13.3. The molecule has 1 aliphatic rings. The molecule has 106 valence electrons. The first-order chi connectivity index (χ1) is 8.95. The number of nitrogens with zero attached hydrogens (tertiary/aromatic N) is 1. The Bertz CT molecular complexity index is 530. The van der Waals surface area contributed by atoms with Crippen LogP contribution in [0.4, 0.5) is 0 Å². The zero-order chi connectivity index (χ0) is 14.0. The van der Waals surface area contributed by atoms with Crippen LogP contribution in [-0.2, 0) is 10.0 Å². The van der Waals surface area contributed by atoms with Gasteiger partial charge in [0, 0.05) is 23.6 Å². The predicted molar refractivity (Wildman–Crippen MR) is 79.3 cm³/mol. The summed E-state index contributed by atoms with van der Waals surface area (Å²) < 4.78 is 27.7. The highest BCUT2D eigenvalue weighted by Gasteiger charge is 2.34. The van der Waals surface area contributed by atoms with Gasteiger partial charge in [0.1, 0.15) is 0 Å². The number of rotatable bonds is 3. The van der Waals surface area contributed by atoms with Gasteiger partial charge >= 0.3 is 0 Å². The molecule has 1 heterocycles. The molecule has 0 amide bonds. The van der Waals surface area contributed by atoms with Crippen molar-refractivity contribution in [2.24, 2.45) is 11.7 Å². The molecule has 1 saturated heterocycles. The van der Waals surface area contributed by atoms with Crippen LogP contribution in [0.15, 0.2) is 33.6 Å². The topological polar surface area (TPSA) is 63.4 Å². The van der Waals surface area contributed by atoms with Gasteiger partial charge in [-0.3, -0.25) is 0 Å². The van der Waals surface area contributed by atoms with E-state index >= 15 is 0 Å². The lowest BCUT2D eigenvalue weighted by Gasteiger charge is -2.36. The molecule has 0 saturated carbocycles. The molecule has 1 aromatic carbocycles. The van der Waals surface area contributed by atoms with E-state index in [0.717, 1.165) is 17.3 Å². The highest BCUT2D eigenvalue weighted by atomic mass is 79.9. The van der Waals surface area contributed by atoms with Crippen molar-refractivity contribution in [3.8, 4) is 0 Å². The summed E-state index contributed by atoms with van der Waals surface area (Å²) in [4.78, 5) is 0.337. The first-order valence-electron chi connectivity index (χ1n) is 6.42. The summed E-state index contributed by atoms with van der Waals surface area (Å²) in [5.74, 6) is 0.532. The summed E-state index contributed by atoms with van der Waals surface area (Å²) in [6, 6.07) is 6.67. The number of hydrogen-bond donors (Lipinski definition) is 1. The Hall–Kier alpha value is -0.430. The van der Waals surface area contributed by atoms with Crippen molar-refractivity contribution < 1.29 is 8.42 Å². The fourth-order valence-corrected chi connectivity index (χ4v) is 4.43. The molecule has 2 atom stereocenters. The lowest BCUT2D eigenvalue weighted by Crippen LogP contribution is -2.49. The maximum absolute atomic E-state index is 12.6. The van der Waals surface area contributed by atoms with Crippen LogP contribution >= 0.6 is 15.9 Å². The Morgan fingerprint density at radius 2 is 2.00 bits per heavy atom. The van der Waals surface area contributed by atoms with E-state index in [1.165, 1.54) is 0 Å². The molecular weight excluding hydrogens is 328 g/mol. The van der Waals surface area contributed by atoms with Gasteiger partial charge < -0.3 is 5.73 Å². The van der Waals surface area contributed by atoms with Gasteiger partial charge in [-0.1, -0.05) is 22.9 Å². The number of hydrogen-bond acceptors (Lipinski definition) is 3. The zero-order valence-electron chi connectivity index (χ0n) is 10.9. The van der Waals surface area contributed by atoms with E-state index in [2.05, 4.69) is 22.9 Å². The monoisotopic (exact) mass is 346 g/mol. The molecule has 4 nitrogen and oxygen atoms in total. The maximum atomic E-state index is 12.6. The van der Waals surface area contributed by atoms with Crippen molar-refractivity contribution in [1.29, 1.82) is 0 Å². The summed E-state index contributed by atoms with van der Waals surface area (Å²) in [6.45, 7) is 3.08. The third-order valence-electron chi connectivity index (χ3n) is 3.62. The third kappa shape index (κ3) is 3.18. The SMILES string of the molecule is CC1CCN(S(=O)(=O)c2ccc(Br)cc2)C(CN)C1. The van der Waals surface area contributed by atoms with Crippen LogP contribution < -0.4 is 5.73 Å². The molecule has 1 aromatic rings. The van der Waals surface area contributed by atoms with Crippen LogP contribution in [0.3, 0.4) is 0 Å². The van der Waals surface area contributed by atoms with Gasteiger partial charge in [-0.05, 0) is 43.0 Å². The Morgan fingerprint density at radius 3 is 2.58 bits per heavy atom. The number of nitrogens with two attached hydrogens (primary N) is 1. The van der Waals surface area contributed by atoms with Crippen LogP contribution in [-0.4, -0.2) is 31.9 Å². The summed E-state index contributed by atoms with van der Waals surface area (Å²) in [7, 11) is -3.43. The molecule has 2 N–H and O–H groups in total. The molecule has 0 bridgehead atoms. The highest BCUT2D eigenvalue weighted by molar-refractivity contribution is 9.10. The van der Waals surface area contributed by atoms with Crippen molar-refractivity contribution >= 4 is 26.0 Å². The third-order valence-corrected chi connectivity index (χ3v) is 6.11. The van der Waals surface area contributed by atoms with Gasteiger partial charge in [0.25, 0.3) is 0 Å². The molecule has 19 heavy (non-hydrogen) atoms. The summed E-state index contributed by atoms with van der Waals surface area (Å²) in [5.41, 5.74) is 5.74. The lowest BCUT2D eigenvalue weighted by atomic mass is 9.94. The van der Waals surface area contributed by atoms with Gasteiger partial charge in [-0.25, -0.2) is 8.42 Å². The summed E-state index contributed by atoms with van der Waals surface area (Å²) in [5, 5.41) is 0. The van der Waals surface area contributed by atoms with Crippen molar-refractivity contribution in [2.45, 2.75) is 30.7 Å². The number of benzene rings is 1. The van der Waals surface area contributed by atoms with Crippen LogP contribution in [0.25, 0.3) is 0 Å². The average Bonchev–Trinajstić information content (AvgIpc) is 2.38. The van der Waals surface area contributed by atoms with Gasteiger partial charge in [0.15, 0.2) is 0 Å². The molecule has 2 unspecified atom stereocenters. The first-order valence-corrected chi connectivity index (χ1v) is 8.66. The number of sulfonamides is 1. The first kappa shape index (κ1) is 15.0. The predicted octanol–water partition coefficient (Wildman–Crippen LogP) is 2.20. The fourth-order valence-electron chi connectivity index (χ4n) is 2.50. The average molecular weight is 347 g/mol. The lowest BCUT2D eigenvalue weighted by molar-refractivity contribution is 0.211. The Kier molecular flexibility index (Phi) is 4.66. The molecule has 1 aliphatic heterocycles. The summed E-state index contributed by atoms with van der Waals surface area (Å²) in [6.07, 6.45) is 1.73. The molecule has 0 spiro atoms. The quantitative estimate of drug-likeness (QED) is 0.912. The molecule has 0 aromatic heterocycles. The van der Waals surface area contributed by atoms with Gasteiger partial charge in [0.2, 0.25) is 10.0 Å². The second-order valence-corrected chi connectivity index (χ2v) is 7.89. The van der Waals surface area contributed by atoms with E-state index in [0.29, 0.717) is 23.9 Å². The smallest absolute Gasteiger partial charge is 0.243 e. The fraction of sp³-hybridized carbons (Fsp3) is 0.538. The minimum Gasteiger partial charge on any atom is -0.329 e. The normalized spacial score (nSPS) is 25.4. The minimum atomic E-state index is -3.43. The van der Waals surface area contributed by atoms with E-state index in [1.807, 2.05) is 0 Å². The second-order valence-electron chi connectivity index (χ2n) is 5.09. The van der Waals surface area contributed by atoms with Crippen molar-refractivity contribution in [1.82, 2.24) is 4.31 Å². The van der Waals surface area contributed by atoms with E-state index in [4.69, 9.17) is 5.73 Å². The van der Waals surface area contributed by atoms with Gasteiger partial charge in [-0.15, -0.1) is 0 Å². The maximum Gasteiger partial charge on any atom is 0.243 e. The van der Waals surface area contributed by atoms with E-state index in [9.17, 15) is 8.42 Å². The van der Waals surface area contributed by atoms with Gasteiger partial charge in [0.05, 0.1) is 4.90 Å². The Balaban J connectivity index is 2.30. The molecule has 1 fully saturated rings. The van der Waals surface area contributed by atoms with Gasteiger partial charge in [-0.2, -0.15) is 4.31 Å². The van der Waals surface area contributed by atoms with Crippen molar-refractivity contribution in [3.05, 3.63) is 28.7 Å². The Morgan fingerprint density at radius 1 is 1.37 bits per heavy atom. The van der Waals surface area contributed by atoms with Crippen LogP contribution in [0.2, 0.25) is 0 Å². The van der Waals surface area contributed by atoms with E-state index in [-0.39, 0.29) is 6.04 Å². The molecular formula is C13H19BrN2O2S. The van der Waals surface area contributed by atoms with E-state index < -0.39 is 10.0 Å². The van der Waals surface area contributed by atoms with Crippen molar-refractivity contribution in [3.63, 3.8) is 0 Å². The van der Waals surface area contributed by atoms with Crippen LogP contribution in [0, 0.1) is 5.92 Å². The molecule has 0 aliphatic carbocycles. The summed E-state index contributed by atoms with van der Waals surface area (Å²) >= 11 is 3.31. The van der Waals surface area contributed by atoms with Crippen LogP contribution in [0.5, 0.6) is 0 Å². The van der Waals surface area contributed by atoms with E-state index in [1.54, 1.807) is 28.6 Å². The Labute approximate surface area is 123 Å². The van der Waals surface area contributed by atoms with Crippen LogP contribution in [0.1, 0.15) is 19.8 Å². The number of piperidine rings is 1. The minimum absolute atomic E-state index is 0.0857. The molecule has 0 radical (unpaired) electrons. The largest absolute Gasteiger partial charge is 0.329 e. The number of halogens is 1. The standard InChI is InChI=1S/C13H19BrN2O2S/c1-10-6-7-16(12(8-10)9-15)19(17,18)13-4-2-11(14)3-5-13/h2-5,10,12H,6-9,15H2,1H3. The van der Waals surface area contributed by atoms with Crippen molar-refractivity contribution in [2.75, 3.05) is 13.1 Å². The highest BCUT2D eigenvalue weighted by Crippen LogP contribution is 2.28.